The molecule has 0 spiro atoms. The van der Waals surface area contributed by atoms with Crippen LogP contribution in [0.5, 0.6) is 5.75 Å². The van der Waals surface area contributed by atoms with E-state index in [4.69, 9.17) is 5.11 Å². The molecule has 0 unspecified atom stereocenters. The van der Waals surface area contributed by atoms with Crippen LogP contribution >= 0.6 is 0 Å². The first kappa shape index (κ1) is 10.6. The van der Waals surface area contributed by atoms with Crippen molar-refractivity contribution in [2.45, 2.75) is 0 Å². The standard InChI is InChI=1S/C11H15NO2/c1-12(8-9-13)7-6-10-4-2-3-5-11(10)14/h2-7,13-14H,8-9H2,1H3. The zero-order valence-corrected chi connectivity index (χ0v) is 8.22. The summed E-state index contributed by atoms with van der Waals surface area (Å²) < 4.78 is 0. The van der Waals surface area contributed by atoms with E-state index in [1.165, 1.54) is 0 Å². The Morgan fingerprint density at radius 2 is 2.07 bits per heavy atom. The number of phenolic OH excluding ortho intramolecular Hbond substituents is 1. The van der Waals surface area contributed by atoms with E-state index in [1.54, 1.807) is 12.1 Å². The molecule has 0 saturated heterocycles. The second kappa shape index (κ2) is 5.29. The van der Waals surface area contributed by atoms with Gasteiger partial charge >= 0.3 is 0 Å². The summed E-state index contributed by atoms with van der Waals surface area (Å²) in [6, 6.07) is 7.12. The normalized spacial score (nSPS) is 10.7. The zero-order valence-electron chi connectivity index (χ0n) is 8.22. The maximum atomic E-state index is 9.43. The minimum Gasteiger partial charge on any atom is -0.507 e. The Balaban J connectivity index is 2.64. The van der Waals surface area contributed by atoms with Crippen molar-refractivity contribution in [1.82, 2.24) is 4.90 Å². The van der Waals surface area contributed by atoms with Crippen molar-refractivity contribution >= 4 is 6.08 Å². The molecule has 0 radical (unpaired) electrons. The van der Waals surface area contributed by atoms with Gasteiger partial charge in [-0.3, -0.25) is 0 Å². The van der Waals surface area contributed by atoms with Crippen LogP contribution in [0.15, 0.2) is 30.5 Å². The maximum Gasteiger partial charge on any atom is 0.122 e. The molecule has 1 aromatic carbocycles. The molecule has 3 nitrogen and oxygen atoms in total. The molecule has 14 heavy (non-hydrogen) atoms. The second-order valence-electron chi connectivity index (χ2n) is 3.08. The lowest BCUT2D eigenvalue weighted by atomic mass is 10.2. The minimum absolute atomic E-state index is 0.127. The number of aromatic hydroxyl groups is 1. The Labute approximate surface area is 83.9 Å². The molecule has 0 aliphatic carbocycles. The molecule has 0 saturated carbocycles. The van der Waals surface area contributed by atoms with Crippen LogP contribution in [0, 0.1) is 0 Å². The van der Waals surface area contributed by atoms with E-state index in [0.717, 1.165) is 5.56 Å². The van der Waals surface area contributed by atoms with Crippen molar-refractivity contribution in [2.75, 3.05) is 20.2 Å². The van der Waals surface area contributed by atoms with Gasteiger partial charge in [-0.05, 0) is 18.3 Å². The van der Waals surface area contributed by atoms with Gasteiger partial charge in [0.15, 0.2) is 0 Å². The fourth-order valence-electron chi connectivity index (χ4n) is 1.07. The lowest BCUT2D eigenvalue weighted by Crippen LogP contribution is -2.14. The smallest absolute Gasteiger partial charge is 0.122 e. The third-order valence-electron chi connectivity index (χ3n) is 1.90. The van der Waals surface area contributed by atoms with Gasteiger partial charge in [-0.2, -0.15) is 0 Å². The summed E-state index contributed by atoms with van der Waals surface area (Å²) in [6.07, 6.45) is 3.64. The monoisotopic (exact) mass is 193 g/mol. The van der Waals surface area contributed by atoms with Crippen LogP contribution in [0.2, 0.25) is 0 Å². The number of rotatable bonds is 4. The van der Waals surface area contributed by atoms with E-state index in [1.807, 2.05) is 36.4 Å². The van der Waals surface area contributed by atoms with E-state index in [0.29, 0.717) is 6.54 Å². The van der Waals surface area contributed by atoms with Crippen LogP contribution < -0.4 is 0 Å². The highest BCUT2D eigenvalue weighted by atomic mass is 16.3. The Morgan fingerprint density at radius 3 is 2.71 bits per heavy atom. The highest BCUT2D eigenvalue weighted by molar-refractivity contribution is 5.56. The molecule has 1 rings (SSSR count). The molecular weight excluding hydrogens is 178 g/mol. The first-order valence-corrected chi connectivity index (χ1v) is 4.51. The summed E-state index contributed by atoms with van der Waals surface area (Å²) in [7, 11) is 1.87. The van der Waals surface area contributed by atoms with Gasteiger partial charge in [0.1, 0.15) is 5.75 Å². The van der Waals surface area contributed by atoms with Crippen molar-refractivity contribution in [2.24, 2.45) is 0 Å². The van der Waals surface area contributed by atoms with Gasteiger partial charge in [0, 0.05) is 19.2 Å². The lowest BCUT2D eigenvalue weighted by molar-refractivity contribution is 0.254. The number of hydrogen-bond donors (Lipinski definition) is 2. The van der Waals surface area contributed by atoms with E-state index in [9.17, 15) is 5.11 Å². The number of para-hydroxylation sites is 1. The number of hydrogen-bond acceptors (Lipinski definition) is 3. The third-order valence-corrected chi connectivity index (χ3v) is 1.90. The highest BCUT2D eigenvalue weighted by Crippen LogP contribution is 2.16. The molecular formula is C11H15NO2. The van der Waals surface area contributed by atoms with Gasteiger partial charge in [-0.1, -0.05) is 18.2 Å². The van der Waals surface area contributed by atoms with Gasteiger partial charge in [-0.15, -0.1) is 0 Å². The third kappa shape index (κ3) is 3.11. The van der Waals surface area contributed by atoms with Crippen molar-refractivity contribution < 1.29 is 10.2 Å². The van der Waals surface area contributed by atoms with E-state index in [2.05, 4.69) is 0 Å². The fourth-order valence-corrected chi connectivity index (χ4v) is 1.07. The van der Waals surface area contributed by atoms with Gasteiger partial charge < -0.3 is 15.1 Å². The molecule has 0 fully saturated rings. The first-order valence-electron chi connectivity index (χ1n) is 4.51. The van der Waals surface area contributed by atoms with Gasteiger partial charge in [0.2, 0.25) is 0 Å². The second-order valence-corrected chi connectivity index (χ2v) is 3.08. The number of nitrogens with zero attached hydrogens (tertiary/aromatic N) is 1. The predicted octanol–water partition coefficient (Wildman–Crippen LogP) is 1.29. The predicted molar refractivity (Wildman–Crippen MR) is 56.9 cm³/mol. The average molecular weight is 193 g/mol. The number of phenols is 1. The van der Waals surface area contributed by atoms with Gasteiger partial charge in [0.25, 0.3) is 0 Å². The Kier molecular flexibility index (Phi) is 4.01. The topological polar surface area (TPSA) is 43.7 Å². The lowest BCUT2D eigenvalue weighted by Gasteiger charge is -2.11. The maximum absolute atomic E-state index is 9.43. The summed E-state index contributed by atoms with van der Waals surface area (Å²) in [5, 5.41) is 18.1. The van der Waals surface area contributed by atoms with Crippen LogP contribution in [-0.4, -0.2) is 35.3 Å². The average Bonchev–Trinajstić information content (AvgIpc) is 2.17. The van der Waals surface area contributed by atoms with Crippen LogP contribution in [0.1, 0.15) is 5.56 Å². The van der Waals surface area contributed by atoms with Crippen molar-refractivity contribution in [1.29, 1.82) is 0 Å². The van der Waals surface area contributed by atoms with E-state index >= 15 is 0 Å². The first-order chi connectivity index (χ1) is 6.74. The van der Waals surface area contributed by atoms with Crippen LogP contribution in [0.25, 0.3) is 6.08 Å². The molecule has 2 N–H and O–H groups in total. The molecule has 0 bridgehead atoms. The molecule has 0 amide bonds. The summed E-state index contributed by atoms with van der Waals surface area (Å²) in [4.78, 5) is 1.85. The summed E-state index contributed by atoms with van der Waals surface area (Å²) in [5.41, 5.74) is 0.775. The minimum atomic E-state index is 0.127. The largest absolute Gasteiger partial charge is 0.507 e. The summed E-state index contributed by atoms with van der Waals surface area (Å²) in [5.74, 6) is 0.265. The molecule has 0 atom stereocenters. The Morgan fingerprint density at radius 1 is 1.36 bits per heavy atom. The van der Waals surface area contributed by atoms with Crippen LogP contribution in [0.4, 0.5) is 0 Å². The van der Waals surface area contributed by atoms with Crippen molar-refractivity contribution in [3.05, 3.63) is 36.0 Å². The highest BCUT2D eigenvalue weighted by Gasteiger charge is 1.94. The Hall–Kier alpha value is -1.48. The molecule has 0 aromatic heterocycles. The van der Waals surface area contributed by atoms with Crippen molar-refractivity contribution in [3.63, 3.8) is 0 Å². The SMILES string of the molecule is CN(C=Cc1ccccc1O)CCO. The van der Waals surface area contributed by atoms with E-state index < -0.39 is 0 Å². The van der Waals surface area contributed by atoms with Gasteiger partial charge in [-0.25, -0.2) is 0 Å². The summed E-state index contributed by atoms with van der Waals surface area (Å²) in [6.45, 7) is 0.714. The molecule has 0 aliphatic rings. The molecule has 0 heterocycles. The molecule has 0 aliphatic heterocycles. The number of benzene rings is 1. The number of aliphatic hydroxyl groups excluding tert-OH is 1. The van der Waals surface area contributed by atoms with E-state index in [-0.39, 0.29) is 12.4 Å². The Bertz CT molecular complexity index is 310. The molecule has 3 heteroatoms. The number of aliphatic hydroxyl groups is 1. The number of likely N-dealkylation sites (N-methyl/N-ethyl adjacent to an activating group) is 1. The molecule has 76 valence electrons. The van der Waals surface area contributed by atoms with Crippen molar-refractivity contribution in [3.8, 4) is 5.75 Å². The fraction of sp³-hybridized carbons (Fsp3) is 0.273. The van der Waals surface area contributed by atoms with Crippen LogP contribution in [0.3, 0.4) is 0 Å². The van der Waals surface area contributed by atoms with Gasteiger partial charge in [0.05, 0.1) is 6.61 Å². The quantitative estimate of drug-likeness (QED) is 0.757. The zero-order chi connectivity index (χ0) is 10.4. The van der Waals surface area contributed by atoms with Crippen LogP contribution in [-0.2, 0) is 0 Å². The molecule has 1 aromatic rings. The summed E-state index contributed by atoms with van der Waals surface area (Å²) >= 11 is 0.